The number of thiophene rings is 1. The molecule has 4 N–H and O–H groups in total. The van der Waals surface area contributed by atoms with Crippen LogP contribution in [0.4, 0.5) is 0 Å². The first-order valence-electron chi connectivity index (χ1n) is 9.18. The second-order valence-electron chi connectivity index (χ2n) is 7.06. The summed E-state index contributed by atoms with van der Waals surface area (Å²) >= 11 is 7.16. The molecule has 3 aromatic rings. The van der Waals surface area contributed by atoms with Crippen molar-refractivity contribution in [2.24, 2.45) is 5.73 Å². The zero-order chi connectivity index (χ0) is 21.5. The Bertz CT molecular complexity index is 1260. The molecule has 0 saturated carbocycles. The quantitative estimate of drug-likeness (QED) is 0.435. The molecule has 30 heavy (non-hydrogen) atoms. The fourth-order valence-electron chi connectivity index (χ4n) is 3.36. The van der Waals surface area contributed by atoms with E-state index < -0.39 is 10.0 Å². The molecule has 0 aliphatic carbocycles. The van der Waals surface area contributed by atoms with Gasteiger partial charge >= 0.3 is 0 Å². The molecule has 10 heteroatoms. The molecule has 0 atom stereocenters. The fraction of sp³-hybridized carbons (Fsp3) is 0.200. The minimum absolute atomic E-state index is 0.192. The molecule has 1 saturated heterocycles. The number of carbonyl (C=O) groups is 1. The number of rotatable bonds is 5. The van der Waals surface area contributed by atoms with Crippen LogP contribution in [0.5, 0.6) is 0 Å². The van der Waals surface area contributed by atoms with Crippen LogP contribution in [0.1, 0.15) is 11.1 Å². The van der Waals surface area contributed by atoms with E-state index in [2.05, 4.69) is 0 Å². The largest absolute Gasteiger partial charge is 0.336 e. The van der Waals surface area contributed by atoms with Crippen LogP contribution in [0, 0.1) is 0 Å². The lowest BCUT2D eigenvalue weighted by molar-refractivity contribution is -0.134. The summed E-state index contributed by atoms with van der Waals surface area (Å²) in [6, 6.07) is 14.2. The summed E-state index contributed by atoms with van der Waals surface area (Å²) in [5.74, 6) is -0.0344. The number of hydrogen-bond donors (Lipinski definition) is 2. The Morgan fingerprint density at radius 3 is 2.70 bits per heavy atom. The number of benzene rings is 2. The maximum absolute atomic E-state index is 13.1. The summed E-state index contributed by atoms with van der Waals surface area (Å²) in [6.45, 7) is 0.714. The van der Waals surface area contributed by atoms with Crippen LogP contribution < -0.4 is 11.1 Å². The number of amides is 1. The molecule has 1 aliphatic heterocycles. The maximum atomic E-state index is 13.1. The van der Waals surface area contributed by atoms with Gasteiger partial charge in [0.25, 0.3) is 15.9 Å². The number of nitrogens with zero attached hydrogens (tertiary/aromatic N) is 2. The van der Waals surface area contributed by atoms with Gasteiger partial charge in [-0.25, -0.2) is 8.42 Å². The molecular weight excluding hydrogens is 444 g/mol. The third-order valence-corrected chi connectivity index (χ3v) is 8.60. The number of hydrogen-bond acceptors (Lipinski definition) is 4. The van der Waals surface area contributed by atoms with Crippen LogP contribution in [-0.2, 0) is 21.4 Å². The van der Waals surface area contributed by atoms with Crippen molar-refractivity contribution in [3.05, 3.63) is 64.7 Å². The Morgan fingerprint density at radius 1 is 1.17 bits per heavy atom. The van der Waals surface area contributed by atoms with Gasteiger partial charge in [0, 0.05) is 29.4 Å². The highest BCUT2D eigenvalue weighted by atomic mass is 35.5. The summed E-state index contributed by atoms with van der Waals surface area (Å²) in [5.41, 5.74) is 7.22. The average molecular weight is 464 g/mol. The van der Waals surface area contributed by atoms with E-state index in [9.17, 15) is 13.2 Å². The van der Waals surface area contributed by atoms with Crippen LogP contribution in [0.15, 0.2) is 52.7 Å². The highest BCUT2D eigenvalue weighted by Gasteiger charge is 2.34. The second kappa shape index (κ2) is 7.99. The number of sulfonamides is 1. The van der Waals surface area contributed by atoms with Gasteiger partial charge < -0.3 is 4.90 Å². The van der Waals surface area contributed by atoms with Crippen LogP contribution in [-0.4, -0.2) is 49.0 Å². The lowest BCUT2D eigenvalue weighted by atomic mass is 10.1. The monoisotopic (exact) mass is 463 g/mol. The van der Waals surface area contributed by atoms with Crippen LogP contribution in [0.25, 0.3) is 10.1 Å². The molecule has 1 fully saturated rings. The van der Waals surface area contributed by atoms with Gasteiger partial charge in [0.15, 0.2) is 0 Å². The molecule has 1 aromatic heterocycles. The SMILES string of the molecule is NC(=[NH2+])c1cccc(CN2CCN(S(=O)(=O)c3cc4ccc(Cl)cc4s3)CC2=O)c1. The van der Waals surface area contributed by atoms with E-state index in [1.807, 2.05) is 18.2 Å². The van der Waals surface area contributed by atoms with Crippen LogP contribution >= 0.6 is 22.9 Å². The first-order valence-corrected chi connectivity index (χ1v) is 11.8. The Balaban J connectivity index is 1.49. The van der Waals surface area contributed by atoms with E-state index >= 15 is 0 Å². The lowest BCUT2D eigenvalue weighted by Crippen LogP contribution is -2.51. The van der Waals surface area contributed by atoms with Crippen molar-refractivity contribution >= 4 is 54.8 Å². The van der Waals surface area contributed by atoms with E-state index in [4.69, 9.17) is 22.7 Å². The Labute approximate surface area is 183 Å². The first kappa shape index (κ1) is 20.8. The van der Waals surface area contributed by atoms with Crippen molar-refractivity contribution in [1.82, 2.24) is 9.21 Å². The molecular formula is C20H20ClN4O3S2+. The van der Waals surface area contributed by atoms with E-state index in [1.54, 1.807) is 35.2 Å². The number of piperazine rings is 1. The summed E-state index contributed by atoms with van der Waals surface area (Å²) < 4.78 is 28.4. The van der Waals surface area contributed by atoms with Gasteiger partial charge in [-0.15, -0.1) is 11.3 Å². The third-order valence-electron chi connectivity index (χ3n) is 4.97. The van der Waals surface area contributed by atoms with Gasteiger partial charge in [0.2, 0.25) is 5.91 Å². The van der Waals surface area contributed by atoms with Gasteiger partial charge in [-0.1, -0.05) is 29.8 Å². The topological polar surface area (TPSA) is 109 Å². The molecule has 156 valence electrons. The second-order valence-corrected chi connectivity index (χ2v) is 10.7. The molecule has 2 heterocycles. The third kappa shape index (κ3) is 4.06. The van der Waals surface area contributed by atoms with Crippen molar-refractivity contribution in [1.29, 1.82) is 0 Å². The summed E-state index contributed by atoms with van der Waals surface area (Å²) in [4.78, 5) is 14.3. The standard InChI is InChI=1S/C20H19ClN4O3S2/c21-16-5-4-14-9-19(29-17(14)10-16)30(27,28)25-7-6-24(18(26)12-25)11-13-2-1-3-15(8-13)20(22)23/h1-5,8-10H,6-7,11-12H2,(H3,22,23)/p+1. The van der Waals surface area contributed by atoms with Crippen molar-refractivity contribution in [2.45, 2.75) is 10.8 Å². The van der Waals surface area contributed by atoms with Gasteiger partial charge in [0.1, 0.15) is 4.21 Å². The number of fused-ring (bicyclic) bond motifs is 1. The molecule has 7 nitrogen and oxygen atoms in total. The van der Waals surface area contributed by atoms with Gasteiger partial charge in [-0.05, 0) is 41.3 Å². The first-order chi connectivity index (χ1) is 14.2. The Morgan fingerprint density at radius 2 is 1.97 bits per heavy atom. The average Bonchev–Trinajstić information content (AvgIpc) is 3.13. The maximum Gasteiger partial charge on any atom is 0.270 e. The number of amidine groups is 1. The van der Waals surface area contributed by atoms with Crippen molar-refractivity contribution in [3.8, 4) is 0 Å². The zero-order valence-corrected chi connectivity index (χ0v) is 18.3. The molecule has 0 bridgehead atoms. The Hall–Kier alpha value is -2.46. The number of halogens is 1. The van der Waals surface area contributed by atoms with Gasteiger partial charge in [-0.2, -0.15) is 4.31 Å². The predicted molar refractivity (Wildman–Crippen MR) is 118 cm³/mol. The smallest absolute Gasteiger partial charge is 0.270 e. The molecule has 0 unspecified atom stereocenters. The van der Waals surface area contributed by atoms with Crippen molar-refractivity contribution in [3.63, 3.8) is 0 Å². The molecule has 0 radical (unpaired) electrons. The Kier molecular flexibility index (Phi) is 5.54. The summed E-state index contributed by atoms with van der Waals surface area (Å²) in [6.07, 6.45) is 0. The van der Waals surface area contributed by atoms with Gasteiger partial charge in [-0.3, -0.25) is 15.9 Å². The van der Waals surface area contributed by atoms with E-state index in [0.29, 0.717) is 23.7 Å². The molecule has 1 aliphatic rings. The zero-order valence-electron chi connectivity index (χ0n) is 15.9. The van der Waals surface area contributed by atoms with Crippen LogP contribution in [0.3, 0.4) is 0 Å². The van der Waals surface area contributed by atoms with Crippen molar-refractivity contribution < 1.29 is 18.6 Å². The minimum atomic E-state index is -3.76. The van der Waals surface area contributed by atoms with E-state index in [-0.39, 0.29) is 29.0 Å². The number of carbonyl (C=O) groups excluding carboxylic acids is 1. The normalized spacial score (nSPS) is 15.6. The molecule has 0 spiro atoms. The highest BCUT2D eigenvalue weighted by Crippen LogP contribution is 2.33. The molecule has 2 aromatic carbocycles. The molecule has 4 rings (SSSR count). The van der Waals surface area contributed by atoms with E-state index in [0.717, 1.165) is 27.0 Å². The molecule has 1 amide bonds. The number of nitrogens with two attached hydrogens (primary N) is 2. The minimum Gasteiger partial charge on any atom is -0.336 e. The fourth-order valence-corrected chi connectivity index (χ4v) is 6.57. The lowest BCUT2D eigenvalue weighted by Gasteiger charge is -2.33. The van der Waals surface area contributed by atoms with Crippen LogP contribution in [0.2, 0.25) is 5.02 Å². The predicted octanol–water partition coefficient (Wildman–Crippen LogP) is 1.05. The highest BCUT2D eigenvalue weighted by molar-refractivity contribution is 7.91. The van der Waals surface area contributed by atoms with Gasteiger partial charge in [0.05, 0.1) is 12.1 Å². The van der Waals surface area contributed by atoms with Crippen molar-refractivity contribution in [2.75, 3.05) is 19.6 Å². The summed E-state index contributed by atoms with van der Waals surface area (Å²) in [7, 11) is -3.76. The van der Waals surface area contributed by atoms with E-state index in [1.165, 1.54) is 4.31 Å². The summed E-state index contributed by atoms with van der Waals surface area (Å²) in [5, 5.41) is 6.99.